The van der Waals surface area contributed by atoms with Gasteiger partial charge in [0.1, 0.15) is 11.2 Å². The van der Waals surface area contributed by atoms with Crippen molar-refractivity contribution in [2.24, 2.45) is 0 Å². The molecule has 0 aliphatic carbocycles. The van der Waals surface area contributed by atoms with Gasteiger partial charge in [-0.2, -0.15) is 17.7 Å². The smallest absolute Gasteiger partial charge is 0.485 e. The minimum absolute atomic E-state index is 1.18. The Morgan fingerprint density at radius 2 is 1.64 bits per heavy atom. The van der Waals surface area contributed by atoms with E-state index in [9.17, 15) is 13.2 Å². The van der Waals surface area contributed by atoms with Crippen molar-refractivity contribution in [1.29, 1.82) is 0 Å². The topological polar surface area (TPSA) is 61.1 Å². The molecule has 0 spiro atoms. The van der Waals surface area contributed by atoms with Crippen LogP contribution in [0.2, 0.25) is 0 Å². The summed E-state index contributed by atoms with van der Waals surface area (Å²) in [5, 5.41) is 0. The Labute approximate surface area is 150 Å². The normalized spacial score (nSPS) is 12.0. The van der Waals surface area contributed by atoms with Crippen molar-refractivity contribution >= 4 is 31.7 Å². The fourth-order valence-electron chi connectivity index (χ4n) is 2.21. The van der Waals surface area contributed by atoms with Gasteiger partial charge in [0.2, 0.25) is 11.0 Å². The van der Waals surface area contributed by atoms with Crippen molar-refractivity contribution in [3.63, 3.8) is 0 Å². The molecule has 0 radical (unpaired) electrons. The van der Waals surface area contributed by atoms with Gasteiger partial charge in [-0.05, 0) is 12.5 Å². The van der Waals surface area contributed by atoms with Crippen LogP contribution in [0.4, 0.5) is 13.2 Å². The Morgan fingerprint density at radius 3 is 2.24 bits per heavy atom. The fraction of sp³-hybridized carbons (Fsp3) is 0.562. The van der Waals surface area contributed by atoms with Crippen molar-refractivity contribution in [2.75, 3.05) is 0 Å². The first kappa shape index (κ1) is 21.9. The molecule has 9 heteroatoms. The van der Waals surface area contributed by atoms with E-state index in [1.165, 1.54) is 55.3 Å². The molecule has 0 unspecified atom stereocenters. The van der Waals surface area contributed by atoms with Gasteiger partial charge in [0.25, 0.3) is 0 Å². The molecule has 0 saturated heterocycles. The van der Waals surface area contributed by atoms with Crippen LogP contribution >= 0.6 is 11.3 Å². The minimum Gasteiger partial charge on any atom is -0.741 e. The average molecular weight is 397 g/mol. The molecule has 0 aliphatic rings. The van der Waals surface area contributed by atoms with Crippen LogP contribution in [0.5, 0.6) is 0 Å². The lowest BCUT2D eigenvalue weighted by atomic mass is 10.1. The summed E-state index contributed by atoms with van der Waals surface area (Å²) >= 11 is 1.85. The zero-order valence-corrected chi connectivity index (χ0v) is 15.6. The van der Waals surface area contributed by atoms with Crippen LogP contribution in [0, 0.1) is 0 Å². The molecule has 0 atom stereocenters. The molecular formula is C16H22F3NO3S2. The van der Waals surface area contributed by atoms with E-state index in [1.807, 2.05) is 11.3 Å². The number of unbranched alkanes of at least 4 members (excludes halogenated alkanes) is 5. The molecule has 4 nitrogen and oxygen atoms in total. The Balaban J connectivity index is 0.000000333. The first-order valence-corrected chi connectivity index (χ1v) is 10.3. The van der Waals surface area contributed by atoms with Crippen LogP contribution in [0.15, 0.2) is 29.8 Å². The Kier molecular flexibility index (Phi) is 8.81. The molecule has 1 aromatic heterocycles. The van der Waals surface area contributed by atoms with Gasteiger partial charge in [0, 0.05) is 12.5 Å². The Hall–Kier alpha value is -1.19. The lowest BCUT2D eigenvalue weighted by Gasteiger charge is -2.08. The van der Waals surface area contributed by atoms with Crippen molar-refractivity contribution in [2.45, 2.75) is 57.5 Å². The van der Waals surface area contributed by atoms with Crippen molar-refractivity contribution in [1.82, 2.24) is 0 Å². The molecule has 142 valence electrons. The number of nitrogens with zero attached hydrogens (tertiary/aromatic N) is 1. The second-order valence-corrected chi connectivity index (χ2v) is 7.81. The number of hydrogen-bond acceptors (Lipinski definition) is 4. The first-order valence-electron chi connectivity index (χ1n) is 8.04. The maximum atomic E-state index is 10.7. The molecule has 0 bridgehead atoms. The molecule has 0 N–H and O–H groups in total. The van der Waals surface area contributed by atoms with Crippen LogP contribution in [0.1, 0.15) is 45.4 Å². The predicted octanol–water partition coefficient (Wildman–Crippen LogP) is 4.60. The van der Waals surface area contributed by atoms with Crippen LogP contribution in [-0.4, -0.2) is 18.5 Å². The van der Waals surface area contributed by atoms with E-state index in [-0.39, 0.29) is 0 Å². The van der Waals surface area contributed by atoms with Crippen LogP contribution in [0.3, 0.4) is 0 Å². The number of para-hydroxylation sites is 1. The summed E-state index contributed by atoms with van der Waals surface area (Å²) in [6, 6.07) is 8.68. The van der Waals surface area contributed by atoms with Crippen molar-refractivity contribution in [3.8, 4) is 0 Å². The quantitative estimate of drug-likeness (QED) is 0.297. The van der Waals surface area contributed by atoms with Gasteiger partial charge in [-0.3, -0.25) is 0 Å². The average Bonchev–Trinajstić information content (AvgIpc) is 2.93. The summed E-state index contributed by atoms with van der Waals surface area (Å²) in [6.07, 6.45) is 8.23. The van der Waals surface area contributed by atoms with E-state index < -0.39 is 15.6 Å². The molecule has 1 aromatic carbocycles. The number of fused-ring (bicyclic) bond motifs is 1. The minimum atomic E-state index is -6.09. The molecule has 2 aromatic rings. The summed E-state index contributed by atoms with van der Waals surface area (Å²) in [5.41, 5.74) is -1.99. The third-order valence-corrected chi connectivity index (χ3v) is 5.04. The maximum Gasteiger partial charge on any atom is 0.485 e. The van der Waals surface area contributed by atoms with Crippen LogP contribution in [0.25, 0.3) is 10.2 Å². The summed E-state index contributed by atoms with van der Waals surface area (Å²) in [5.74, 6) is 0. The number of benzene rings is 1. The third-order valence-electron chi connectivity index (χ3n) is 3.52. The summed E-state index contributed by atoms with van der Waals surface area (Å²) in [6.45, 7) is 3.45. The van der Waals surface area contributed by atoms with Gasteiger partial charge in [-0.15, -0.1) is 0 Å². The van der Waals surface area contributed by atoms with E-state index in [4.69, 9.17) is 13.0 Å². The molecular weight excluding hydrogens is 375 g/mol. The van der Waals surface area contributed by atoms with E-state index in [1.54, 1.807) is 0 Å². The lowest BCUT2D eigenvalue weighted by molar-refractivity contribution is -0.667. The Morgan fingerprint density at radius 1 is 1.08 bits per heavy atom. The zero-order chi connectivity index (χ0) is 18.9. The van der Waals surface area contributed by atoms with E-state index in [0.29, 0.717) is 0 Å². The van der Waals surface area contributed by atoms with Gasteiger partial charge in [-0.1, -0.05) is 56.1 Å². The van der Waals surface area contributed by atoms with Crippen molar-refractivity contribution in [3.05, 3.63) is 29.8 Å². The molecule has 0 aliphatic heterocycles. The largest absolute Gasteiger partial charge is 0.741 e. The second kappa shape index (κ2) is 10.1. The summed E-state index contributed by atoms with van der Waals surface area (Å²) in [7, 11) is -6.09. The highest BCUT2D eigenvalue weighted by atomic mass is 32.2. The molecule has 1 heterocycles. The molecule has 0 fully saturated rings. The number of thiazole rings is 1. The first-order chi connectivity index (χ1) is 11.7. The zero-order valence-electron chi connectivity index (χ0n) is 14.0. The maximum absolute atomic E-state index is 10.7. The number of aromatic nitrogens is 1. The molecule has 0 saturated carbocycles. The van der Waals surface area contributed by atoms with Gasteiger partial charge >= 0.3 is 5.51 Å². The highest BCUT2D eigenvalue weighted by Crippen LogP contribution is 2.20. The highest BCUT2D eigenvalue weighted by Gasteiger charge is 2.36. The van der Waals surface area contributed by atoms with Crippen LogP contribution in [-0.2, 0) is 16.7 Å². The number of halogens is 3. The highest BCUT2D eigenvalue weighted by molar-refractivity contribution is 7.86. The van der Waals surface area contributed by atoms with E-state index in [0.717, 1.165) is 0 Å². The standard InChI is InChI=1S/C15H22NS.CHF3O3S/c1-2-3-4-5-6-9-12-16-13-17-15-11-8-7-10-14(15)16;2-1(3,4)8(5,6)7/h7-8,10-11,13H,2-6,9,12H2,1H3;(H,5,6,7)/q+1;/p-1. The molecule has 25 heavy (non-hydrogen) atoms. The number of aryl methyl sites for hydroxylation is 1. The molecule has 2 rings (SSSR count). The number of hydrogen-bond donors (Lipinski definition) is 0. The SMILES string of the molecule is CCCCCCCC[n+]1csc2ccccc21.O=S(=O)([O-])C(F)(F)F. The fourth-order valence-corrected chi connectivity index (χ4v) is 3.13. The van der Waals surface area contributed by atoms with Gasteiger partial charge in [-0.25, -0.2) is 8.42 Å². The van der Waals surface area contributed by atoms with E-state index >= 15 is 0 Å². The number of alkyl halides is 3. The van der Waals surface area contributed by atoms with Gasteiger partial charge < -0.3 is 4.55 Å². The monoisotopic (exact) mass is 397 g/mol. The molecule has 0 amide bonds. The van der Waals surface area contributed by atoms with Gasteiger partial charge in [0.05, 0.1) is 0 Å². The summed E-state index contributed by atoms with van der Waals surface area (Å²) in [4.78, 5) is 0. The van der Waals surface area contributed by atoms with Crippen LogP contribution < -0.4 is 4.57 Å². The second-order valence-electron chi connectivity index (χ2n) is 5.55. The third kappa shape index (κ3) is 7.70. The van der Waals surface area contributed by atoms with Gasteiger partial charge in [0.15, 0.2) is 10.1 Å². The number of rotatable bonds is 7. The van der Waals surface area contributed by atoms with E-state index in [2.05, 4.69) is 41.3 Å². The Bertz CT molecular complexity index is 742. The predicted molar refractivity (Wildman–Crippen MR) is 91.1 cm³/mol. The lowest BCUT2D eigenvalue weighted by Crippen LogP contribution is -2.31. The van der Waals surface area contributed by atoms with Crippen molar-refractivity contribution < 1.29 is 30.7 Å². The summed E-state index contributed by atoms with van der Waals surface area (Å²) < 4.78 is 62.7.